The van der Waals surface area contributed by atoms with Gasteiger partial charge in [0.1, 0.15) is 17.4 Å². The Balaban J connectivity index is 1.96. The maximum absolute atomic E-state index is 13.8. The van der Waals surface area contributed by atoms with Gasteiger partial charge in [-0.15, -0.1) is 0 Å². The molecule has 1 aliphatic rings. The fraction of sp³-hybridized carbons (Fsp3) is 0.400. The number of ether oxygens (including phenoxy) is 2. The van der Waals surface area contributed by atoms with Gasteiger partial charge in [-0.05, 0) is 18.6 Å². The summed E-state index contributed by atoms with van der Waals surface area (Å²) in [4.78, 5) is 3.98. The molecule has 0 saturated carbocycles. The SMILES string of the molecule is CO[C@@H]1COCC[C@H]1Nc1ccnc2c(F)cc(F)cc12. The van der Waals surface area contributed by atoms with E-state index in [0.717, 1.165) is 12.5 Å². The van der Waals surface area contributed by atoms with Crippen LogP contribution in [0.5, 0.6) is 0 Å². The second-order valence-electron chi connectivity index (χ2n) is 5.03. The van der Waals surface area contributed by atoms with Crippen LogP contribution in [0.3, 0.4) is 0 Å². The largest absolute Gasteiger partial charge is 0.379 e. The molecule has 1 aliphatic heterocycles. The van der Waals surface area contributed by atoms with E-state index in [1.807, 2.05) is 0 Å². The van der Waals surface area contributed by atoms with Crippen LogP contribution >= 0.6 is 0 Å². The van der Waals surface area contributed by atoms with Crippen LogP contribution in [-0.2, 0) is 9.47 Å². The number of hydrogen-bond acceptors (Lipinski definition) is 4. The van der Waals surface area contributed by atoms with Gasteiger partial charge < -0.3 is 14.8 Å². The Hall–Kier alpha value is -1.79. The minimum Gasteiger partial charge on any atom is -0.379 e. The standard InChI is InChI=1S/C15H16F2N2O2/c1-20-14-8-21-5-3-13(14)19-12-2-4-18-15-10(12)6-9(16)7-11(15)17/h2,4,6-7,13-14H,3,5,8H2,1H3,(H,18,19)/t13-,14-/m1/s1. The van der Waals surface area contributed by atoms with Gasteiger partial charge in [0, 0.05) is 37.1 Å². The van der Waals surface area contributed by atoms with E-state index in [0.29, 0.717) is 24.3 Å². The number of nitrogens with one attached hydrogen (secondary N) is 1. The quantitative estimate of drug-likeness (QED) is 0.945. The van der Waals surface area contributed by atoms with Crippen LogP contribution in [0.15, 0.2) is 24.4 Å². The summed E-state index contributed by atoms with van der Waals surface area (Å²) >= 11 is 0. The highest BCUT2D eigenvalue weighted by Gasteiger charge is 2.26. The number of anilines is 1. The van der Waals surface area contributed by atoms with Crippen molar-refractivity contribution in [2.24, 2.45) is 0 Å². The molecule has 0 radical (unpaired) electrons. The van der Waals surface area contributed by atoms with Gasteiger partial charge in [-0.25, -0.2) is 8.78 Å². The zero-order valence-electron chi connectivity index (χ0n) is 11.6. The Bertz CT molecular complexity index is 651. The van der Waals surface area contributed by atoms with Gasteiger partial charge in [-0.1, -0.05) is 0 Å². The summed E-state index contributed by atoms with van der Waals surface area (Å²) in [5.74, 6) is -1.28. The van der Waals surface area contributed by atoms with Crippen molar-refractivity contribution in [1.29, 1.82) is 0 Å². The zero-order chi connectivity index (χ0) is 14.8. The Morgan fingerprint density at radius 1 is 1.38 bits per heavy atom. The number of pyridine rings is 1. The highest BCUT2D eigenvalue weighted by Crippen LogP contribution is 2.27. The molecule has 0 amide bonds. The van der Waals surface area contributed by atoms with Crippen molar-refractivity contribution in [3.05, 3.63) is 36.0 Å². The molecule has 1 aromatic heterocycles. The van der Waals surface area contributed by atoms with Crippen LogP contribution in [0.1, 0.15) is 6.42 Å². The molecule has 2 heterocycles. The number of fused-ring (bicyclic) bond motifs is 1. The summed E-state index contributed by atoms with van der Waals surface area (Å²) in [6.07, 6.45) is 2.17. The molecule has 4 nitrogen and oxygen atoms in total. The Kier molecular flexibility index (Phi) is 3.98. The van der Waals surface area contributed by atoms with Crippen molar-refractivity contribution in [3.8, 4) is 0 Å². The van der Waals surface area contributed by atoms with Gasteiger partial charge in [0.2, 0.25) is 0 Å². The maximum atomic E-state index is 13.8. The molecule has 2 atom stereocenters. The first-order chi connectivity index (χ1) is 10.2. The summed E-state index contributed by atoms with van der Waals surface area (Å²) in [6, 6.07) is 3.87. The first kappa shape index (κ1) is 14.2. The lowest BCUT2D eigenvalue weighted by Gasteiger charge is -2.32. The van der Waals surface area contributed by atoms with Crippen LogP contribution in [0.4, 0.5) is 14.5 Å². The highest BCUT2D eigenvalue weighted by molar-refractivity contribution is 5.91. The van der Waals surface area contributed by atoms with Crippen molar-refractivity contribution < 1.29 is 18.3 Å². The van der Waals surface area contributed by atoms with E-state index in [-0.39, 0.29) is 17.7 Å². The van der Waals surface area contributed by atoms with Gasteiger partial charge >= 0.3 is 0 Å². The van der Waals surface area contributed by atoms with Crippen molar-refractivity contribution in [2.75, 3.05) is 25.6 Å². The third-order valence-corrected chi connectivity index (χ3v) is 3.71. The molecule has 1 N–H and O–H groups in total. The first-order valence-electron chi connectivity index (χ1n) is 6.80. The number of hydrogen-bond donors (Lipinski definition) is 1. The van der Waals surface area contributed by atoms with Crippen LogP contribution in [-0.4, -0.2) is 37.5 Å². The summed E-state index contributed by atoms with van der Waals surface area (Å²) in [5, 5.41) is 3.73. The lowest BCUT2D eigenvalue weighted by Crippen LogP contribution is -2.43. The van der Waals surface area contributed by atoms with E-state index in [1.165, 1.54) is 12.3 Å². The molecule has 0 unspecified atom stereocenters. The van der Waals surface area contributed by atoms with Gasteiger partial charge in [0.25, 0.3) is 0 Å². The van der Waals surface area contributed by atoms with E-state index in [4.69, 9.17) is 9.47 Å². The molecular formula is C15H16F2N2O2. The van der Waals surface area contributed by atoms with E-state index in [9.17, 15) is 8.78 Å². The second kappa shape index (κ2) is 5.91. The topological polar surface area (TPSA) is 43.4 Å². The molecule has 1 fully saturated rings. The third kappa shape index (κ3) is 2.82. The van der Waals surface area contributed by atoms with Crippen LogP contribution < -0.4 is 5.32 Å². The summed E-state index contributed by atoms with van der Waals surface area (Å²) < 4.78 is 38.0. The first-order valence-corrected chi connectivity index (χ1v) is 6.80. The van der Waals surface area contributed by atoms with Crippen LogP contribution in [0, 0.1) is 11.6 Å². The predicted molar refractivity (Wildman–Crippen MR) is 75.3 cm³/mol. The van der Waals surface area contributed by atoms with Gasteiger partial charge in [-0.2, -0.15) is 0 Å². The molecule has 0 spiro atoms. The van der Waals surface area contributed by atoms with E-state index in [1.54, 1.807) is 13.2 Å². The minimum absolute atomic E-state index is 0.0284. The molecule has 0 aliphatic carbocycles. The highest BCUT2D eigenvalue weighted by atomic mass is 19.1. The maximum Gasteiger partial charge on any atom is 0.152 e. The average molecular weight is 294 g/mol. The monoisotopic (exact) mass is 294 g/mol. The van der Waals surface area contributed by atoms with Crippen LogP contribution in [0.25, 0.3) is 10.9 Å². The van der Waals surface area contributed by atoms with Gasteiger partial charge in [0.15, 0.2) is 5.82 Å². The Morgan fingerprint density at radius 2 is 2.24 bits per heavy atom. The minimum atomic E-state index is -0.663. The average Bonchev–Trinajstić information content (AvgIpc) is 2.48. The molecule has 6 heteroatoms. The summed E-state index contributed by atoms with van der Waals surface area (Å²) in [5.41, 5.74) is 0.801. The Morgan fingerprint density at radius 3 is 3.05 bits per heavy atom. The molecule has 112 valence electrons. The van der Waals surface area contributed by atoms with E-state index >= 15 is 0 Å². The number of methoxy groups -OCH3 is 1. The van der Waals surface area contributed by atoms with Crippen molar-refractivity contribution in [2.45, 2.75) is 18.6 Å². The van der Waals surface area contributed by atoms with E-state index < -0.39 is 11.6 Å². The fourth-order valence-electron chi connectivity index (χ4n) is 2.61. The molecule has 1 aromatic carbocycles. The third-order valence-electron chi connectivity index (χ3n) is 3.71. The molecule has 21 heavy (non-hydrogen) atoms. The van der Waals surface area contributed by atoms with Gasteiger partial charge in [0.05, 0.1) is 12.6 Å². The lowest BCUT2D eigenvalue weighted by molar-refractivity contribution is -0.0366. The number of rotatable bonds is 3. The number of aromatic nitrogens is 1. The fourth-order valence-corrected chi connectivity index (χ4v) is 2.61. The predicted octanol–water partition coefficient (Wildman–Crippen LogP) is 2.73. The zero-order valence-corrected chi connectivity index (χ0v) is 11.6. The molecule has 3 rings (SSSR count). The van der Waals surface area contributed by atoms with Crippen LogP contribution in [0.2, 0.25) is 0 Å². The number of halogens is 2. The molecule has 1 saturated heterocycles. The van der Waals surface area contributed by atoms with Crippen molar-refractivity contribution in [1.82, 2.24) is 4.98 Å². The smallest absolute Gasteiger partial charge is 0.152 e. The normalized spacial score (nSPS) is 22.4. The lowest BCUT2D eigenvalue weighted by atomic mass is 10.0. The number of nitrogens with zero attached hydrogens (tertiary/aromatic N) is 1. The molecular weight excluding hydrogens is 278 g/mol. The molecule has 2 aromatic rings. The van der Waals surface area contributed by atoms with E-state index in [2.05, 4.69) is 10.3 Å². The molecule has 0 bridgehead atoms. The van der Waals surface area contributed by atoms with Crippen molar-refractivity contribution >= 4 is 16.6 Å². The number of benzene rings is 1. The Labute approximate surface area is 121 Å². The summed E-state index contributed by atoms with van der Waals surface area (Å²) in [7, 11) is 1.62. The van der Waals surface area contributed by atoms with Gasteiger partial charge in [-0.3, -0.25) is 4.98 Å². The van der Waals surface area contributed by atoms with Crippen molar-refractivity contribution in [3.63, 3.8) is 0 Å². The summed E-state index contributed by atoms with van der Waals surface area (Å²) in [6.45, 7) is 1.13. The second-order valence-corrected chi connectivity index (χ2v) is 5.03.